The van der Waals surface area contributed by atoms with Gasteiger partial charge in [0.2, 0.25) is 0 Å². The zero-order valence-electron chi connectivity index (χ0n) is 15.3. The van der Waals surface area contributed by atoms with Gasteiger partial charge >= 0.3 is 6.02 Å². The molecule has 0 unspecified atom stereocenters. The first-order valence-electron chi connectivity index (χ1n) is 8.67. The van der Waals surface area contributed by atoms with E-state index in [9.17, 15) is 4.39 Å². The molecule has 0 fully saturated rings. The van der Waals surface area contributed by atoms with Gasteiger partial charge in [-0.1, -0.05) is 35.9 Å². The maximum Gasteiger partial charge on any atom is 0.316 e. The molecule has 3 rings (SSSR count). The number of nitrogens with two attached hydrogens (primary N) is 1. The van der Waals surface area contributed by atoms with Gasteiger partial charge in [-0.15, -0.1) is 0 Å². The number of hydrogen-bond acceptors (Lipinski definition) is 4. The first-order chi connectivity index (χ1) is 13.0. The van der Waals surface area contributed by atoms with Gasteiger partial charge in [0.1, 0.15) is 5.82 Å². The summed E-state index contributed by atoms with van der Waals surface area (Å²) < 4.78 is 19.3. The van der Waals surface area contributed by atoms with Crippen LogP contribution in [0.4, 0.5) is 4.39 Å². The molecule has 1 aliphatic heterocycles. The van der Waals surface area contributed by atoms with Crippen molar-refractivity contribution in [2.24, 2.45) is 15.7 Å². The van der Waals surface area contributed by atoms with Gasteiger partial charge in [0, 0.05) is 17.1 Å². The number of aryl methyl sites for hydroxylation is 1. The zero-order chi connectivity index (χ0) is 19.4. The van der Waals surface area contributed by atoms with E-state index in [-0.39, 0.29) is 11.8 Å². The van der Waals surface area contributed by atoms with E-state index in [2.05, 4.69) is 9.98 Å². The Labute approximate surface area is 163 Å². The van der Waals surface area contributed by atoms with Crippen molar-refractivity contribution >= 4 is 29.0 Å². The van der Waals surface area contributed by atoms with E-state index in [0.29, 0.717) is 35.7 Å². The van der Waals surface area contributed by atoms with Crippen LogP contribution in [0.1, 0.15) is 35.1 Å². The number of amidine groups is 1. The van der Waals surface area contributed by atoms with Crippen LogP contribution in [0.2, 0.25) is 5.02 Å². The third-order valence-corrected chi connectivity index (χ3v) is 4.73. The lowest BCUT2D eigenvalue weighted by Crippen LogP contribution is -2.10. The van der Waals surface area contributed by atoms with Gasteiger partial charge in [-0.2, -0.15) is 9.98 Å². The summed E-state index contributed by atoms with van der Waals surface area (Å²) in [6, 6.07) is 10.9. The van der Waals surface area contributed by atoms with Crippen molar-refractivity contribution < 1.29 is 9.13 Å². The van der Waals surface area contributed by atoms with E-state index in [1.165, 1.54) is 13.2 Å². The average molecular weight is 386 g/mol. The predicted octanol–water partition coefficient (Wildman–Crippen LogP) is 4.87. The lowest BCUT2D eigenvalue weighted by molar-refractivity contribution is 0.397. The predicted molar refractivity (Wildman–Crippen MR) is 109 cm³/mol. The Kier molecular flexibility index (Phi) is 6.04. The van der Waals surface area contributed by atoms with E-state index < -0.39 is 0 Å². The number of ether oxygens (including phenoxy) is 1. The fourth-order valence-corrected chi connectivity index (χ4v) is 3.04. The summed E-state index contributed by atoms with van der Waals surface area (Å²) >= 11 is 6.36. The van der Waals surface area contributed by atoms with Crippen LogP contribution in [-0.2, 0) is 11.3 Å². The highest BCUT2D eigenvalue weighted by Crippen LogP contribution is 2.28. The second-order valence-electron chi connectivity index (χ2n) is 6.27. The van der Waals surface area contributed by atoms with Crippen molar-refractivity contribution in [3.8, 4) is 0 Å². The highest BCUT2D eigenvalue weighted by Gasteiger charge is 2.14. The topological polar surface area (TPSA) is 60.0 Å². The van der Waals surface area contributed by atoms with E-state index in [0.717, 1.165) is 22.4 Å². The van der Waals surface area contributed by atoms with Crippen molar-refractivity contribution in [1.82, 2.24) is 0 Å². The lowest BCUT2D eigenvalue weighted by Gasteiger charge is -2.13. The molecule has 27 heavy (non-hydrogen) atoms. The maximum atomic E-state index is 13.9. The van der Waals surface area contributed by atoms with Gasteiger partial charge in [-0.05, 0) is 54.7 Å². The van der Waals surface area contributed by atoms with Crippen LogP contribution in [0.3, 0.4) is 0 Å². The van der Waals surface area contributed by atoms with E-state index in [4.69, 9.17) is 22.1 Å². The fourth-order valence-electron chi connectivity index (χ4n) is 2.83. The molecule has 0 saturated heterocycles. The first-order valence-corrected chi connectivity index (χ1v) is 9.05. The molecule has 1 aliphatic rings. The number of halogens is 2. The quantitative estimate of drug-likeness (QED) is 0.819. The standard InChI is InChI=1S/C21H21ClFN3O/c1-13-6-8-15(11-18(13)23)19-4-3-5-20(26-21(25-19)27-2)16-10-14(12-24)7-9-17(16)22/h5-11H,3-4,12,24H2,1-2H3/b20-5+,25-19?,26-21?. The van der Waals surface area contributed by atoms with Crippen LogP contribution in [0.25, 0.3) is 5.70 Å². The Hall–Kier alpha value is -2.50. The van der Waals surface area contributed by atoms with Gasteiger partial charge in [0.05, 0.1) is 18.5 Å². The maximum absolute atomic E-state index is 13.9. The van der Waals surface area contributed by atoms with E-state index in [1.54, 1.807) is 13.0 Å². The second kappa shape index (κ2) is 8.46. The van der Waals surface area contributed by atoms with Crippen molar-refractivity contribution in [3.05, 3.63) is 75.6 Å². The molecular weight excluding hydrogens is 365 g/mol. The number of benzene rings is 2. The van der Waals surface area contributed by atoms with Crippen LogP contribution < -0.4 is 5.73 Å². The molecule has 0 radical (unpaired) electrons. The monoisotopic (exact) mass is 385 g/mol. The molecule has 2 N–H and O–H groups in total. The van der Waals surface area contributed by atoms with Crippen LogP contribution in [0.15, 0.2) is 52.5 Å². The molecule has 0 aliphatic carbocycles. The first kappa shape index (κ1) is 19.3. The molecule has 2 aromatic carbocycles. The molecule has 140 valence electrons. The van der Waals surface area contributed by atoms with Crippen LogP contribution in [0, 0.1) is 12.7 Å². The molecule has 0 bridgehead atoms. The summed E-state index contributed by atoms with van der Waals surface area (Å²) in [6.07, 6.45) is 3.30. The zero-order valence-corrected chi connectivity index (χ0v) is 16.1. The highest BCUT2D eigenvalue weighted by atomic mass is 35.5. The lowest BCUT2D eigenvalue weighted by atomic mass is 10.0. The molecule has 1 heterocycles. The number of methoxy groups -OCH3 is 1. The van der Waals surface area contributed by atoms with Crippen LogP contribution >= 0.6 is 11.6 Å². The summed E-state index contributed by atoms with van der Waals surface area (Å²) in [6.45, 7) is 2.15. The van der Waals surface area contributed by atoms with E-state index >= 15 is 0 Å². The molecule has 0 aromatic heterocycles. The Morgan fingerprint density at radius 2 is 2.00 bits per heavy atom. The Morgan fingerprint density at radius 1 is 1.19 bits per heavy atom. The SMILES string of the molecule is COC1=N/C(c2cc(CN)ccc2Cl)=C/CCC(c2ccc(C)c(F)c2)=N1. The third-order valence-electron chi connectivity index (χ3n) is 4.40. The molecule has 4 nitrogen and oxygen atoms in total. The Morgan fingerprint density at radius 3 is 2.70 bits per heavy atom. The number of rotatable bonds is 3. The van der Waals surface area contributed by atoms with Crippen molar-refractivity contribution in [1.29, 1.82) is 0 Å². The average Bonchev–Trinajstić information content (AvgIpc) is 2.65. The van der Waals surface area contributed by atoms with Crippen LogP contribution in [0.5, 0.6) is 0 Å². The number of aliphatic imine (C=N–C) groups is 2. The Balaban J connectivity index is 2.01. The number of hydrogen-bond donors (Lipinski definition) is 1. The summed E-state index contributed by atoms with van der Waals surface area (Å²) in [5.41, 5.74) is 10.2. The third kappa shape index (κ3) is 4.43. The number of nitrogens with zero attached hydrogens (tertiary/aromatic N) is 2. The molecule has 0 spiro atoms. The summed E-state index contributed by atoms with van der Waals surface area (Å²) in [7, 11) is 1.51. The summed E-state index contributed by atoms with van der Waals surface area (Å²) in [4.78, 5) is 9.04. The minimum absolute atomic E-state index is 0.200. The van der Waals surface area contributed by atoms with Gasteiger partial charge in [-0.3, -0.25) is 0 Å². The minimum Gasteiger partial charge on any atom is -0.467 e. The fraction of sp³-hybridized carbons (Fsp3) is 0.238. The van der Waals surface area contributed by atoms with Gasteiger partial charge in [0.15, 0.2) is 0 Å². The van der Waals surface area contributed by atoms with Gasteiger partial charge in [-0.25, -0.2) is 4.39 Å². The normalized spacial score (nSPS) is 16.6. The summed E-state index contributed by atoms with van der Waals surface area (Å²) in [5.74, 6) is -0.255. The summed E-state index contributed by atoms with van der Waals surface area (Å²) in [5, 5.41) is 0.586. The molecular formula is C21H21ClFN3O. The highest BCUT2D eigenvalue weighted by molar-refractivity contribution is 6.32. The minimum atomic E-state index is -0.255. The van der Waals surface area contributed by atoms with Gasteiger partial charge < -0.3 is 10.5 Å². The van der Waals surface area contributed by atoms with Gasteiger partial charge in [0.25, 0.3) is 0 Å². The van der Waals surface area contributed by atoms with Crippen molar-refractivity contribution in [3.63, 3.8) is 0 Å². The molecule has 2 aromatic rings. The molecule has 0 saturated carbocycles. The smallest absolute Gasteiger partial charge is 0.316 e. The molecule has 0 atom stereocenters. The van der Waals surface area contributed by atoms with Crippen molar-refractivity contribution in [2.75, 3.05) is 7.11 Å². The second-order valence-corrected chi connectivity index (χ2v) is 6.67. The van der Waals surface area contributed by atoms with E-state index in [1.807, 2.05) is 30.3 Å². The van der Waals surface area contributed by atoms with Crippen molar-refractivity contribution in [2.45, 2.75) is 26.3 Å². The molecule has 6 heteroatoms. The Bertz CT molecular complexity index is 950. The van der Waals surface area contributed by atoms with Crippen LogP contribution in [-0.4, -0.2) is 18.8 Å². The largest absolute Gasteiger partial charge is 0.467 e. The number of allylic oxidation sites excluding steroid dienone is 1. The molecule has 0 amide bonds.